The van der Waals surface area contributed by atoms with Crippen LogP contribution in [-0.2, 0) is 11.3 Å². The first kappa shape index (κ1) is 20.3. The number of urea groups is 1. The van der Waals surface area contributed by atoms with Crippen LogP contribution in [0.5, 0.6) is 0 Å². The van der Waals surface area contributed by atoms with Gasteiger partial charge in [0.15, 0.2) is 0 Å². The summed E-state index contributed by atoms with van der Waals surface area (Å²) in [7, 11) is 1.88. The van der Waals surface area contributed by atoms with E-state index >= 15 is 0 Å². The fraction of sp³-hybridized carbons (Fsp3) is 0.364. The number of rotatable bonds is 3. The minimum Gasteiger partial charge on any atom is -0.334 e. The average molecular weight is 414 g/mol. The van der Waals surface area contributed by atoms with E-state index < -0.39 is 11.4 Å². The number of anilines is 1. The zero-order valence-corrected chi connectivity index (χ0v) is 16.8. The maximum atomic E-state index is 13.7. The molecule has 0 bridgehead atoms. The van der Waals surface area contributed by atoms with Gasteiger partial charge in [0.2, 0.25) is 5.91 Å². The van der Waals surface area contributed by atoms with Crippen LogP contribution in [0.3, 0.4) is 0 Å². The number of carbonyl (C=O) groups is 2. The number of amides is 3. The summed E-state index contributed by atoms with van der Waals surface area (Å²) in [4.78, 5) is 30.6. The number of piperazine rings is 1. The Bertz CT molecular complexity index is 970. The highest BCUT2D eigenvalue weighted by molar-refractivity contribution is 5.96. The van der Waals surface area contributed by atoms with Crippen molar-refractivity contribution in [3.8, 4) is 0 Å². The monoisotopic (exact) mass is 414 g/mol. The number of hydrogen-bond donors (Lipinski definition) is 1. The molecule has 0 saturated carbocycles. The summed E-state index contributed by atoms with van der Waals surface area (Å²) in [5.41, 5.74) is 0.826. The molecule has 2 aromatic carbocycles. The Balaban J connectivity index is 1.44. The molecule has 1 unspecified atom stereocenters. The molecule has 2 saturated heterocycles. The van der Waals surface area contributed by atoms with Crippen molar-refractivity contribution in [3.05, 3.63) is 65.7 Å². The van der Waals surface area contributed by atoms with Crippen LogP contribution < -0.4 is 10.2 Å². The second-order valence-corrected chi connectivity index (χ2v) is 8.00. The summed E-state index contributed by atoms with van der Waals surface area (Å²) < 4.78 is 27.0. The Hall–Kier alpha value is -3.00. The first-order chi connectivity index (χ1) is 14.4. The topological polar surface area (TPSA) is 55.9 Å². The quantitative estimate of drug-likeness (QED) is 0.840. The van der Waals surface area contributed by atoms with Crippen LogP contribution in [0.4, 0.5) is 19.3 Å². The third kappa shape index (κ3) is 4.00. The standard InChI is InChI=1S/C22H24F2N4O2/c1-26-13-20(29)28(19-7-3-6-18(24)11-19)15-22(26)8-9-27(14-22)21(30)25-12-16-4-2-5-17(23)10-16/h2-7,10-11H,8-9,12-15H2,1H3,(H,25,30). The van der Waals surface area contributed by atoms with Crippen molar-refractivity contribution >= 4 is 17.6 Å². The highest BCUT2D eigenvalue weighted by Gasteiger charge is 2.48. The molecular formula is C22H24F2N4O2. The van der Waals surface area contributed by atoms with Gasteiger partial charge in [-0.15, -0.1) is 0 Å². The second kappa shape index (κ2) is 8.02. The van der Waals surface area contributed by atoms with Gasteiger partial charge in [-0.3, -0.25) is 9.69 Å². The van der Waals surface area contributed by atoms with Crippen molar-refractivity contribution in [2.75, 3.05) is 38.1 Å². The number of carbonyl (C=O) groups excluding carboxylic acids is 2. The van der Waals surface area contributed by atoms with E-state index in [4.69, 9.17) is 0 Å². The molecule has 2 aliphatic rings. The van der Waals surface area contributed by atoms with Gasteiger partial charge in [-0.2, -0.15) is 0 Å². The minimum atomic E-state index is -0.392. The van der Waals surface area contributed by atoms with Gasteiger partial charge in [0.1, 0.15) is 11.6 Å². The Morgan fingerprint density at radius 3 is 2.57 bits per heavy atom. The van der Waals surface area contributed by atoms with E-state index in [0.717, 1.165) is 0 Å². The lowest BCUT2D eigenvalue weighted by atomic mass is 9.92. The molecule has 2 aromatic rings. The molecule has 8 heteroatoms. The van der Waals surface area contributed by atoms with Gasteiger partial charge in [0.25, 0.3) is 0 Å². The van der Waals surface area contributed by atoms with E-state index in [1.54, 1.807) is 34.1 Å². The number of hydrogen-bond acceptors (Lipinski definition) is 3. The van der Waals surface area contributed by atoms with Gasteiger partial charge in [-0.05, 0) is 49.4 Å². The van der Waals surface area contributed by atoms with E-state index in [-0.39, 0.29) is 30.8 Å². The molecule has 1 spiro atoms. The lowest BCUT2D eigenvalue weighted by molar-refractivity contribution is -0.123. The van der Waals surface area contributed by atoms with Crippen molar-refractivity contribution in [2.24, 2.45) is 0 Å². The van der Waals surface area contributed by atoms with Crippen molar-refractivity contribution in [1.29, 1.82) is 0 Å². The highest BCUT2D eigenvalue weighted by atomic mass is 19.1. The molecule has 30 heavy (non-hydrogen) atoms. The second-order valence-electron chi connectivity index (χ2n) is 8.00. The van der Waals surface area contributed by atoms with Gasteiger partial charge >= 0.3 is 6.03 Å². The number of likely N-dealkylation sites (N-methyl/N-ethyl adjacent to an activating group) is 1. The zero-order chi connectivity index (χ0) is 21.3. The zero-order valence-electron chi connectivity index (χ0n) is 16.8. The van der Waals surface area contributed by atoms with E-state index in [1.807, 2.05) is 11.9 Å². The predicted molar refractivity (Wildman–Crippen MR) is 109 cm³/mol. The minimum absolute atomic E-state index is 0.0947. The molecule has 4 rings (SSSR count). The molecule has 0 radical (unpaired) electrons. The lowest BCUT2D eigenvalue weighted by Crippen LogP contribution is -2.64. The summed E-state index contributed by atoms with van der Waals surface area (Å²) in [6.45, 7) is 1.83. The summed E-state index contributed by atoms with van der Waals surface area (Å²) in [5.74, 6) is -0.825. The van der Waals surface area contributed by atoms with Crippen LogP contribution >= 0.6 is 0 Å². The Morgan fingerprint density at radius 2 is 1.83 bits per heavy atom. The van der Waals surface area contributed by atoms with Crippen LogP contribution in [0, 0.1) is 11.6 Å². The van der Waals surface area contributed by atoms with E-state index in [0.29, 0.717) is 37.3 Å². The fourth-order valence-corrected chi connectivity index (χ4v) is 4.25. The normalized spacial score (nSPS) is 22.0. The van der Waals surface area contributed by atoms with E-state index in [9.17, 15) is 18.4 Å². The molecule has 1 atom stereocenters. The summed E-state index contributed by atoms with van der Waals surface area (Å²) in [6.07, 6.45) is 0.704. The smallest absolute Gasteiger partial charge is 0.317 e. The summed E-state index contributed by atoms with van der Waals surface area (Å²) in [5, 5.41) is 2.84. The maximum absolute atomic E-state index is 13.7. The fourth-order valence-electron chi connectivity index (χ4n) is 4.25. The van der Waals surface area contributed by atoms with Crippen molar-refractivity contribution in [2.45, 2.75) is 18.5 Å². The molecule has 1 N–H and O–H groups in total. The highest BCUT2D eigenvalue weighted by Crippen LogP contribution is 2.33. The number of benzene rings is 2. The SMILES string of the molecule is CN1CC(=O)N(c2cccc(F)c2)CC12CCN(C(=O)NCc1cccc(F)c1)C2. The summed E-state index contributed by atoms with van der Waals surface area (Å²) >= 11 is 0. The predicted octanol–water partition coefficient (Wildman–Crippen LogP) is 2.60. The van der Waals surface area contributed by atoms with E-state index in [2.05, 4.69) is 5.32 Å². The van der Waals surface area contributed by atoms with Gasteiger partial charge < -0.3 is 15.1 Å². The molecule has 6 nitrogen and oxygen atoms in total. The molecule has 158 valence electrons. The largest absolute Gasteiger partial charge is 0.334 e. The molecule has 2 heterocycles. The Kier molecular flexibility index (Phi) is 5.42. The number of halogens is 2. The third-order valence-electron chi connectivity index (χ3n) is 6.01. The van der Waals surface area contributed by atoms with Gasteiger partial charge in [-0.1, -0.05) is 18.2 Å². The Morgan fingerprint density at radius 1 is 1.10 bits per heavy atom. The number of likely N-dealkylation sites (tertiary alicyclic amines) is 1. The summed E-state index contributed by atoms with van der Waals surface area (Å²) in [6, 6.07) is 11.9. The third-order valence-corrected chi connectivity index (χ3v) is 6.01. The Labute approximate surface area is 174 Å². The maximum Gasteiger partial charge on any atom is 0.317 e. The van der Waals surface area contributed by atoms with Crippen molar-refractivity contribution < 1.29 is 18.4 Å². The number of nitrogens with zero attached hydrogens (tertiary/aromatic N) is 3. The first-order valence-electron chi connectivity index (χ1n) is 9.91. The first-order valence-corrected chi connectivity index (χ1v) is 9.91. The molecule has 3 amide bonds. The van der Waals surface area contributed by atoms with Gasteiger partial charge in [0, 0.05) is 31.9 Å². The number of nitrogens with one attached hydrogen (secondary N) is 1. The van der Waals surface area contributed by atoms with Crippen LogP contribution in [-0.4, -0.2) is 60.5 Å². The molecule has 2 fully saturated rings. The molecule has 2 aliphatic heterocycles. The lowest BCUT2D eigenvalue weighted by Gasteiger charge is -2.46. The average Bonchev–Trinajstić information content (AvgIpc) is 3.15. The van der Waals surface area contributed by atoms with Crippen LogP contribution in [0.1, 0.15) is 12.0 Å². The van der Waals surface area contributed by atoms with Gasteiger partial charge in [0.05, 0.1) is 12.1 Å². The van der Waals surface area contributed by atoms with Crippen LogP contribution in [0.2, 0.25) is 0 Å². The molecular weight excluding hydrogens is 390 g/mol. The van der Waals surface area contributed by atoms with Crippen molar-refractivity contribution in [3.63, 3.8) is 0 Å². The van der Waals surface area contributed by atoms with Crippen molar-refractivity contribution in [1.82, 2.24) is 15.1 Å². The van der Waals surface area contributed by atoms with Crippen LogP contribution in [0.15, 0.2) is 48.5 Å². The molecule has 0 aromatic heterocycles. The molecule has 0 aliphatic carbocycles. The van der Waals surface area contributed by atoms with Gasteiger partial charge in [-0.25, -0.2) is 13.6 Å². The van der Waals surface area contributed by atoms with E-state index in [1.165, 1.54) is 24.3 Å². The van der Waals surface area contributed by atoms with Crippen LogP contribution in [0.25, 0.3) is 0 Å².